The fourth-order valence-corrected chi connectivity index (χ4v) is 3.34. The summed E-state index contributed by atoms with van der Waals surface area (Å²) >= 11 is 1.72. The number of rotatable bonds is 10. The van der Waals surface area contributed by atoms with E-state index in [2.05, 4.69) is 51.8 Å². The van der Waals surface area contributed by atoms with Gasteiger partial charge >= 0.3 is 0 Å². The fraction of sp³-hybridized carbons (Fsp3) is 0.500. The van der Waals surface area contributed by atoms with Gasteiger partial charge in [-0.2, -0.15) is 0 Å². The molecule has 1 aromatic heterocycles. The van der Waals surface area contributed by atoms with Crippen molar-refractivity contribution in [3.05, 3.63) is 51.0 Å². The second-order valence-corrected chi connectivity index (χ2v) is 7.39. The molecule has 0 bridgehead atoms. The van der Waals surface area contributed by atoms with Gasteiger partial charge in [0.2, 0.25) is 0 Å². The van der Waals surface area contributed by atoms with Crippen molar-refractivity contribution in [1.29, 1.82) is 0 Å². The second kappa shape index (κ2) is 11.7. The van der Waals surface area contributed by atoms with Gasteiger partial charge in [0.25, 0.3) is 0 Å². The number of aromatic nitrogens is 1. The van der Waals surface area contributed by atoms with Gasteiger partial charge in [0, 0.05) is 25.1 Å². The van der Waals surface area contributed by atoms with Crippen LogP contribution in [0.2, 0.25) is 0 Å². The van der Waals surface area contributed by atoms with Crippen LogP contribution in [0.1, 0.15) is 33.6 Å². The van der Waals surface area contributed by atoms with Crippen molar-refractivity contribution in [3.8, 4) is 0 Å². The number of hydrogen-bond acceptors (Lipinski definition) is 5. The van der Waals surface area contributed by atoms with Crippen LogP contribution in [-0.4, -0.2) is 37.8 Å². The van der Waals surface area contributed by atoms with Crippen molar-refractivity contribution in [2.75, 3.05) is 26.9 Å². The van der Waals surface area contributed by atoms with E-state index in [1.807, 2.05) is 13.8 Å². The van der Waals surface area contributed by atoms with Crippen molar-refractivity contribution >= 4 is 17.3 Å². The maximum Gasteiger partial charge on any atom is 0.191 e. The van der Waals surface area contributed by atoms with Crippen LogP contribution in [0.4, 0.5) is 0 Å². The number of guanidine groups is 1. The van der Waals surface area contributed by atoms with Gasteiger partial charge in [-0.15, -0.1) is 11.3 Å². The zero-order valence-electron chi connectivity index (χ0n) is 16.7. The highest BCUT2D eigenvalue weighted by atomic mass is 32.1. The first-order valence-corrected chi connectivity index (χ1v) is 10.0. The molecule has 0 atom stereocenters. The molecule has 0 spiro atoms. The van der Waals surface area contributed by atoms with Crippen LogP contribution in [0, 0.1) is 13.8 Å². The lowest BCUT2D eigenvalue weighted by Gasteiger charge is -2.12. The van der Waals surface area contributed by atoms with Crippen LogP contribution in [0.5, 0.6) is 0 Å². The summed E-state index contributed by atoms with van der Waals surface area (Å²) in [5, 5.41) is 7.73. The summed E-state index contributed by atoms with van der Waals surface area (Å²) in [6.07, 6.45) is 0. The number of aliphatic imine (C=N–C) groups is 1. The Bertz CT molecular complexity index is 711. The molecule has 1 heterocycles. The standard InChI is InChI=1S/C20H30N4O2S/c1-5-25-9-10-26-14-18-8-6-7-17(11-18)12-22-20(21-4)23-13-19-24-15(2)16(3)27-19/h6-8,11H,5,9-10,12-14H2,1-4H3,(H2,21,22,23). The highest BCUT2D eigenvalue weighted by Crippen LogP contribution is 2.15. The Hall–Kier alpha value is -1.96. The van der Waals surface area contributed by atoms with E-state index in [1.54, 1.807) is 18.4 Å². The Balaban J connectivity index is 1.77. The lowest BCUT2D eigenvalue weighted by molar-refractivity contribution is 0.0453. The van der Waals surface area contributed by atoms with E-state index in [9.17, 15) is 0 Å². The minimum absolute atomic E-state index is 0.594. The average Bonchev–Trinajstić information content (AvgIpc) is 3.00. The SMILES string of the molecule is CCOCCOCc1cccc(CNC(=NC)NCc2nc(C)c(C)s2)c1. The second-order valence-electron chi connectivity index (χ2n) is 6.10. The number of nitrogens with zero attached hydrogens (tertiary/aromatic N) is 2. The van der Waals surface area contributed by atoms with E-state index in [1.165, 1.54) is 10.4 Å². The van der Waals surface area contributed by atoms with Gasteiger partial charge in [0.1, 0.15) is 5.01 Å². The van der Waals surface area contributed by atoms with Crippen LogP contribution in [0.3, 0.4) is 0 Å². The summed E-state index contributed by atoms with van der Waals surface area (Å²) < 4.78 is 10.9. The van der Waals surface area contributed by atoms with Crippen molar-refractivity contribution in [2.24, 2.45) is 4.99 Å². The smallest absolute Gasteiger partial charge is 0.191 e. The molecule has 0 radical (unpaired) electrons. The molecule has 0 aliphatic rings. The Morgan fingerprint density at radius 3 is 2.56 bits per heavy atom. The zero-order valence-corrected chi connectivity index (χ0v) is 17.5. The summed E-state index contributed by atoms with van der Waals surface area (Å²) in [7, 11) is 1.77. The maximum absolute atomic E-state index is 5.64. The molecule has 0 saturated heterocycles. The molecule has 2 N–H and O–H groups in total. The molecule has 1 aromatic carbocycles. The maximum atomic E-state index is 5.64. The van der Waals surface area contributed by atoms with E-state index >= 15 is 0 Å². The third-order valence-corrected chi connectivity index (χ3v) is 5.07. The van der Waals surface area contributed by atoms with Crippen molar-refractivity contribution in [3.63, 3.8) is 0 Å². The molecule has 7 heteroatoms. The third kappa shape index (κ3) is 7.66. The minimum Gasteiger partial charge on any atom is -0.379 e. The van der Waals surface area contributed by atoms with Gasteiger partial charge in [-0.05, 0) is 31.9 Å². The summed E-state index contributed by atoms with van der Waals surface area (Å²) in [6, 6.07) is 8.37. The molecule has 2 aromatic rings. The van der Waals surface area contributed by atoms with Crippen LogP contribution in [-0.2, 0) is 29.2 Å². The van der Waals surface area contributed by atoms with Crippen molar-refractivity contribution in [2.45, 2.75) is 40.5 Å². The number of benzene rings is 1. The molecule has 0 aliphatic heterocycles. The highest BCUT2D eigenvalue weighted by molar-refractivity contribution is 7.11. The Labute approximate surface area is 166 Å². The predicted octanol–water partition coefficient (Wildman–Crippen LogP) is 3.18. The number of nitrogens with one attached hydrogen (secondary N) is 2. The van der Waals surface area contributed by atoms with Gasteiger partial charge in [-0.1, -0.05) is 24.3 Å². The first-order chi connectivity index (χ1) is 13.1. The molecule has 148 valence electrons. The Morgan fingerprint density at radius 1 is 1.11 bits per heavy atom. The Kier molecular flexibility index (Phi) is 9.24. The van der Waals surface area contributed by atoms with E-state index < -0.39 is 0 Å². The average molecular weight is 391 g/mol. The van der Waals surface area contributed by atoms with Gasteiger partial charge < -0.3 is 20.1 Å². The molecule has 0 unspecified atom stereocenters. The summed E-state index contributed by atoms with van der Waals surface area (Å²) in [5.41, 5.74) is 3.44. The van der Waals surface area contributed by atoms with E-state index in [0.717, 1.165) is 28.8 Å². The van der Waals surface area contributed by atoms with Gasteiger partial charge in [0.15, 0.2) is 5.96 Å². The minimum atomic E-state index is 0.594. The normalized spacial score (nSPS) is 11.6. The molecule has 6 nitrogen and oxygen atoms in total. The van der Waals surface area contributed by atoms with Crippen LogP contribution in [0.25, 0.3) is 0 Å². The monoisotopic (exact) mass is 390 g/mol. The van der Waals surface area contributed by atoms with E-state index in [0.29, 0.717) is 32.9 Å². The summed E-state index contributed by atoms with van der Waals surface area (Å²) in [6.45, 7) is 10.1. The fourth-order valence-electron chi connectivity index (χ4n) is 2.46. The van der Waals surface area contributed by atoms with Crippen LogP contribution < -0.4 is 10.6 Å². The molecule has 2 rings (SSSR count). The lowest BCUT2D eigenvalue weighted by Crippen LogP contribution is -2.36. The lowest BCUT2D eigenvalue weighted by atomic mass is 10.1. The molecule has 0 fully saturated rings. The Morgan fingerprint density at radius 2 is 1.85 bits per heavy atom. The zero-order chi connectivity index (χ0) is 19.5. The molecule has 27 heavy (non-hydrogen) atoms. The number of aryl methyl sites for hydroxylation is 2. The van der Waals surface area contributed by atoms with Gasteiger partial charge in [-0.3, -0.25) is 4.99 Å². The topological polar surface area (TPSA) is 67.8 Å². The first kappa shape index (κ1) is 21.3. The predicted molar refractivity (Wildman–Crippen MR) is 111 cm³/mol. The van der Waals surface area contributed by atoms with E-state index in [-0.39, 0.29) is 0 Å². The number of ether oxygens (including phenoxy) is 2. The number of thiazole rings is 1. The molecule has 0 amide bonds. The first-order valence-electron chi connectivity index (χ1n) is 9.23. The third-order valence-electron chi connectivity index (χ3n) is 4.00. The van der Waals surface area contributed by atoms with E-state index in [4.69, 9.17) is 9.47 Å². The number of hydrogen-bond donors (Lipinski definition) is 2. The molecular formula is C20H30N4O2S. The van der Waals surface area contributed by atoms with Gasteiger partial charge in [0.05, 0.1) is 32.1 Å². The molecule has 0 saturated carbocycles. The summed E-state index contributed by atoms with van der Waals surface area (Å²) in [4.78, 5) is 10.1. The van der Waals surface area contributed by atoms with Crippen LogP contribution in [0.15, 0.2) is 29.3 Å². The molecular weight excluding hydrogens is 360 g/mol. The quantitative estimate of drug-likeness (QED) is 0.370. The van der Waals surface area contributed by atoms with Gasteiger partial charge in [-0.25, -0.2) is 4.98 Å². The summed E-state index contributed by atoms with van der Waals surface area (Å²) in [5.74, 6) is 0.763. The van der Waals surface area contributed by atoms with Crippen LogP contribution >= 0.6 is 11.3 Å². The van der Waals surface area contributed by atoms with Crippen molar-refractivity contribution < 1.29 is 9.47 Å². The van der Waals surface area contributed by atoms with Crippen molar-refractivity contribution in [1.82, 2.24) is 15.6 Å². The largest absolute Gasteiger partial charge is 0.379 e. The molecule has 0 aliphatic carbocycles. The highest BCUT2D eigenvalue weighted by Gasteiger charge is 2.05.